The summed E-state index contributed by atoms with van der Waals surface area (Å²) in [5, 5.41) is 0. The van der Waals surface area contributed by atoms with Crippen LogP contribution in [0.15, 0.2) is 0 Å². The second-order valence-corrected chi connectivity index (χ2v) is 6.45. The predicted molar refractivity (Wildman–Crippen MR) is 54.3 cm³/mol. The van der Waals surface area contributed by atoms with Gasteiger partial charge in [-0.1, -0.05) is 20.3 Å². The largest absolute Gasteiger partial charge is 0.324 e. The van der Waals surface area contributed by atoms with E-state index in [-0.39, 0.29) is 11.5 Å². The van der Waals surface area contributed by atoms with Crippen LogP contribution < -0.4 is 5.73 Å². The minimum absolute atomic E-state index is 0.182. The van der Waals surface area contributed by atoms with Gasteiger partial charge in [-0.3, -0.25) is 0 Å². The standard InChI is InChI=1S/C9H19NO2S/c1-3-4-8(2)9(10)5-6-13(11,12)7-9/h8H,3-7,10H2,1-2H3. The normalized spacial score (nSPS) is 34.7. The third-order valence-corrected chi connectivity index (χ3v) is 4.87. The van der Waals surface area contributed by atoms with Gasteiger partial charge in [-0.15, -0.1) is 0 Å². The van der Waals surface area contributed by atoms with Gasteiger partial charge in [0.05, 0.1) is 11.5 Å². The summed E-state index contributed by atoms with van der Waals surface area (Å²) < 4.78 is 22.5. The lowest BCUT2D eigenvalue weighted by Crippen LogP contribution is -2.47. The molecule has 1 heterocycles. The number of nitrogens with two attached hydrogens (primary N) is 1. The molecule has 1 fully saturated rings. The Kier molecular flexibility index (Phi) is 3.02. The smallest absolute Gasteiger partial charge is 0.152 e. The molecule has 78 valence electrons. The van der Waals surface area contributed by atoms with Gasteiger partial charge in [-0.2, -0.15) is 0 Å². The second-order valence-electron chi connectivity index (χ2n) is 4.26. The highest BCUT2D eigenvalue weighted by Gasteiger charge is 2.42. The first-order valence-corrected chi connectivity index (χ1v) is 6.71. The molecule has 0 aromatic rings. The number of sulfone groups is 1. The van der Waals surface area contributed by atoms with E-state index in [4.69, 9.17) is 5.73 Å². The van der Waals surface area contributed by atoms with Crippen molar-refractivity contribution >= 4 is 9.84 Å². The molecule has 1 saturated heterocycles. The molecule has 13 heavy (non-hydrogen) atoms. The quantitative estimate of drug-likeness (QED) is 0.746. The number of hydrogen-bond donors (Lipinski definition) is 1. The molecule has 1 aliphatic heterocycles. The summed E-state index contributed by atoms with van der Waals surface area (Å²) in [7, 11) is -2.84. The van der Waals surface area contributed by atoms with E-state index in [2.05, 4.69) is 13.8 Å². The van der Waals surface area contributed by atoms with Crippen LogP contribution in [0.25, 0.3) is 0 Å². The molecule has 4 heteroatoms. The first-order valence-electron chi connectivity index (χ1n) is 4.89. The monoisotopic (exact) mass is 205 g/mol. The Morgan fingerprint density at radius 3 is 2.54 bits per heavy atom. The molecule has 2 N–H and O–H groups in total. The summed E-state index contributed by atoms with van der Waals surface area (Å²) in [5.74, 6) is 0.772. The van der Waals surface area contributed by atoms with Gasteiger partial charge < -0.3 is 5.73 Å². The summed E-state index contributed by atoms with van der Waals surface area (Å²) in [4.78, 5) is 0. The van der Waals surface area contributed by atoms with E-state index < -0.39 is 15.4 Å². The highest BCUT2D eigenvalue weighted by molar-refractivity contribution is 7.91. The predicted octanol–water partition coefficient (Wildman–Crippen LogP) is 0.939. The zero-order valence-electron chi connectivity index (χ0n) is 8.41. The molecule has 1 rings (SSSR count). The lowest BCUT2D eigenvalue weighted by molar-refractivity contribution is 0.304. The van der Waals surface area contributed by atoms with Crippen molar-refractivity contribution in [3.63, 3.8) is 0 Å². The molecule has 1 aliphatic rings. The van der Waals surface area contributed by atoms with Crippen LogP contribution in [-0.2, 0) is 9.84 Å². The third-order valence-electron chi connectivity index (χ3n) is 3.07. The summed E-state index contributed by atoms with van der Waals surface area (Å²) >= 11 is 0. The van der Waals surface area contributed by atoms with Gasteiger partial charge >= 0.3 is 0 Å². The van der Waals surface area contributed by atoms with Crippen LogP contribution in [0.4, 0.5) is 0 Å². The topological polar surface area (TPSA) is 60.2 Å². The first-order chi connectivity index (χ1) is 5.90. The van der Waals surface area contributed by atoms with Crippen molar-refractivity contribution in [3.8, 4) is 0 Å². The Bertz CT molecular complexity index is 273. The Balaban J connectivity index is 2.69. The lowest BCUT2D eigenvalue weighted by atomic mass is 9.83. The fraction of sp³-hybridized carbons (Fsp3) is 1.00. The average Bonchev–Trinajstić information content (AvgIpc) is 2.28. The van der Waals surface area contributed by atoms with E-state index in [0.29, 0.717) is 12.3 Å². The fourth-order valence-corrected chi connectivity index (χ4v) is 4.09. The Morgan fingerprint density at radius 2 is 2.15 bits per heavy atom. The minimum Gasteiger partial charge on any atom is -0.324 e. The minimum atomic E-state index is -2.84. The lowest BCUT2D eigenvalue weighted by Gasteiger charge is -2.29. The molecule has 0 radical (unpaired) electrons. The van der Waals surface area contributed by atoms with Gasteiger partial charge in [-0.25, -0.2) is 8.42 Å². The van der Waals surface area contributed by atoms with Crippen LogP contribution in [0.5, 0.6) is 0 Å². The zero-order valence-corrected chi connectivity index (χ0v) is 9.23. The number of rotatable bonds is 3. The van der Waals surface area contributed by atoms with Crippen molar-refractivity contribution in [2.24, 2.45) is 11.7 Å². The van der Waals surface area contributed by atoms with Crippen LogP contribution in [-0.4, -0.2) is 25.5 Å². The van der Waals surface area contributed by atoms with Crippen molar-refractivity contribution in [1.29, 1.82) is 0 Å². The summed E-state index contributed by atoms with van der Waals surface area (Å²) in [6.45, 7) is 4.16. The van der Waals surface area contributed by atoms with E-state index in [1.165, 1.54) is 0 Å². The molecule has 0 amide bonds. The zero-order chi connectivity index (χ0) is 10.1. The highest BCUT2D eigenvalue weighted by Crippen LogP contribution is 2.30. The Morgan fingerprint density at radius 1 is 1.54 bits per heavy atom. The van der Waals surface area contributed by atoms with Gasteiger partial charge in [0.1, 0.15) is 0 Å². The molecule has 0 spiro atoms. The molecule has 0 bridgehead atoms. The van der Waals surface area contributed by atoms with Gasteiger partial charge in [0.2, 0.25) is 0 Å². The van der Waals surface area contributed by atoms with Gasteiger partial charge in [0.25, 0.3) is 0 Å². The van der Waals surface area contributed by atoms with Gasteiger partial charge in [0, 0.05) is 5.54 Å². The van der Waals surface area contributed by atoms with Gasteiger partial charge in [0.15, 0.2) is 9.84 Å². The summed E-state index contributed by atoms with van der Waals surface area (Å²) in [5.41, 5.74) is 5.64. The highest BCUT2D eigenvalue weighted by atomic mass is 32.2. The number of hydrogen-bond acceptors (Lipinski definition) is 3. The van der Waals surface area contributed by atoms with Crippen LogP contribution in [0.1, 0.15) is 33.1 Å². The second kappa shape index (κ2) is 3.58. The van der Waals surface area contributed by atoms with Crippen molar-refractivity contribution in [3.05, 3.63) is 0 Å². The average molecular weight is 205 g/mol. The fourth-order valence-electron chi connectivity index (χ4n) is 2.01. The molecular weight excluding hydrogens is 186 g/mol. The van der Waals surface area contributed by atoms with Crippen LogP contribution in [0, 0.1) is 5.92 Å². The molecule has 0 aromatic heterocycles. The molecule has 2 atom stereocenters. The molecular formula is C9H19NO2S. The van der Waals surface area contributed by atoms with Crippen molar-refractivity contribution < 1.29 is 8.42 Å². The summed E-state index contributed by atoms with van der Waals surface area (Å²) in [6.07, 6.45) is 2.72. The van der Waals surface area contributed by atoms with Crippen molar-refractivity contribution in [2.45, 2.75) is 38.6 Å². The molecule has 2 unspecified atom stereocenters. The first kappa shape index (κ1) is 11.0. The molecule has 3 nitrogen and oxygen atoms in total. The van der Waals surface area contributed by atoms with Crippen LogP contribution in [0.2, 0.25) is 0 Å². The Hall–Kier alpha value is -0.0900. The third kappa shape index (κ3) is 2.44. The SMILES string of the molecule is CCCC(C)C1(N)CCS(=O)(=O)C1. The van der Waals surface area contributed by atoms with Gasteiger partial charge in [-0.05, 0) is 18.8 Å². The Labute approximate surface area is 80.6 Å². The molecule has 0 saturated carbocycles. The van der Waals surface area contributed by atoms with E-state index in [9.17, 15) is 8.42 Å². The molecule has 0 aliphatic carbocycles. The van der Waals surface area contributed by atoms with Crippen molar-refractivity contribution in [2.75, 3.05) is 11.5 Å². The van der Waals surface area contributed by atoms with E-state index in [0.717, 1.165) is 12.8 Å². The van der Waals surface area contributed by atoms with E-state index >= 15 is 0 Å². The van der Waals surface area contributed by atoms with Crippen LogP contribution in [0.3, 0.4) is 0 Å². The van der Waals surface area contributed by atoms with E-state index in [1.54, 1.807) is 0 Å². The van der Waals surface area contributed by atoms with Crippen molar-refractivity contribution in [1.82, 2.24) is 0 Å². The van der Waals surface area contributed by atoms with Crippen LogP contribution >= 0.6 is 0 Å². The van der Waals surface area contributed by atoms with E-state index in [1.807, 2.05) is 0 Å². The summed E-state index contributed by atoms with van der Waals surface area (Å²) in [6, 6.07) is 0. The molecule has 0 aromatic carbocycles. The maximum Gasteiger partial charge on any atom is 0.152 e. The maximum atomic E-state index is 11.3. The maximum absolute atomic E-state index is 11.3.